The van der Waals surface area contributed by atoms with E-state index in [4.69, 9.17) is 4.74 Å². The molecule has 0 radical (unpaired) electrons. The van der Waals surface area contributed by atoms with Crippen molar-refractivity contribution in [3.63, 3.8) is 0 Å². The van der Waals surface area contributed by atoms with Gasteiger partial charge in [-0.05, 0) is 31.0 Å². The summed E-state index contributed by atoms with van der Waals surface area (Å²) in [6.07, 6.45) is 0.678. The molecule has 0 fully saturated rings. The van der Waals surface area contributed by atoms with Crippen LogP contribution in [0.5, 0.6) is 5.75 Å². The molecule has 16 heavy (non-hydrogen) atoms. The molecule has 0 aliphatic rings. The Morgan fingerprint density at radius 1 is 1.38 bits per heavy atom. The Morgan fingerprint density at radius 2 is 2.06 bits per heavy atom. The molecule has 0 heterocycles. The van der Waals surface area contributed by atoms with Crippen LogP contribution in [-0.2, 0) is 6.42 Å². The van der Waals surface area contributed by atoms with Crippen LogP contribution in [0.3, 0.4) is 0 Å². The Labute approximate surface area is 96.8 Å². The van der Waals surface area contributed by atoms with Gasteiger partial charge in [-0.25, -0.2) is 4.39 Å². The summed E-state index contributed by atoms with van der Waals surface area (Å²) in [5.41, 5.74) is 0.701. The van der Waals surface area contributed by atoms with Crippen LogP contribution in [0.1, 0.15) is 19.4 Å². The fourth-order valence-corrected chi connectivity index (χ4v) is 1.78. The zero-order chi connectivity index (χ0) is 12.1. The Hall–Kier alpha value is -1.09. The van der Waals surface area contributed by atoms with Gasteiger partial charge in [0.05, 0.1) is 7.11 Å². The largest absolute Gasteiger partial charge is 0.494 e. The van der Waals surface area contributed by atoms with E-state index in [1.807, 2.05) is 19.2 Å². The highest BCUT2D eigenvalue weighted by Crippen LogP contribution is 2.22. The van der Waals surface area contributed by atoms with Crippen molar-refractivity contribution in [1.82, 2.24) is 5.32 Å². The first kappa shape index (κ1) is 13.0. The first-order valence-corrected chi connectivity index (χ1v) is 5.58. The third-order valence-electron chi connectivity index (χ3n) is 2.88. The van der Waals surface area contributed by atoms with E-state index in [1.54, 1.807) is 6.07 Å². The Balaban J connectivity index is 2.88. The van der Waals surface area contributed by atoms with Crippen molar-refractivity contribution in [3.05, 3.63) is 29.6 Å². The molecule has 0 bridgehead atoms. The van der Waals surface area contributed by atoms with Crippen LogP contribution in [0.4, 0.5) is 4.39 Å². The van der Waals surface area contributed by atoms with Gasteiger partial charge < -0.3 is 10.1 Å². The minimum absolute atomic E-state index is 0.245. The zero-order valence-electron chi connectivity index (χ0n) is 10.4. The quantitative estimate of drug-likeness (QED) is 0.831. The molecule has 1 N–H and O–H groups in total. The highest BCUT2D eigenvalue weighted by atomic mass is 19.1. The van der Waals surface area contributed by atoms with Crippen molar-refractivity contribution in [2.75, 3.05) is 14.2 Å². The molecule has 2 nitrogen and oxygen atoms in total. The van der Waals surface area contributed by atoms with Crippen LogP contribution in [0, 0.1) is 11.7 Å². The number of nitrogens with one attached hydrogen (secondary N) is 1. The summed E-state index contributed by atoms with van der Waals surface area (Å²) in [6.45, 7) is 4.25. The van der Waals surface area contributed by atoms with Crippen molar-refractivity contribution in [2.45, 2.75) is 26.3 Å². The highest BCUT2D eigenvalue weighted by molar-refractivity contribution is 5.31. The summed E-state index contributed by atoms with van der Waals surface area (Å²) in [5, 5.41) is 3.21. The summed E-state index contributed by atoms with van der Waals surface area (Å²) < 4.78 is 18.8. The van der Waals surface area contributed by atoms with E-state index in [0.29, 0.717) is 23.7 Å². The number of likely N-dealkylation sites (N-methyl/N-ethyl adjacent to an activating group) is 1. The van der Waals surface area contributed by atoms with E-state index in [2.05, 4.69) is 19.2 Å². The maximum atomic E-state index is 13.9. The minimum atomic E-state index is -0.245. The van der Waals surface area contributed by atoms with Crippen LogP contribution < -0.4 is 10.1 Å². The topological polar surface area (TPSA) is 21.3 Å². The lowest BCUT2D eigenvalue weighted by atomic mass is 9.96. The second-order valence-electron chi connectivity index (χ2n) is 4.28. The SMILES string of the molecule is CNC(Cc1cccc(OC)c1F)C(C)C. The summed E-state index contributed by atoms with van der Waals surface area (Å²) in [7, 11) is 3.39. The van der Waals surface area contributed by atoms with E-state index < -0.39 is 0 Å². The van der Waals surface area contributed by atoms with Gasteiger partial charge in [0.2, 0.25) is 0 Å². The molecule has 1 atom stereocenters. The fraction of sp³-hybridized carbons (Fsp3) is 0.538. The van der Waals surface area contributed by atoms with Crippen LogP contribution in [0.25, 0.3) is 0 Å². The van der Waals surface area contributed by atoms with Crippen molar-refractivity contribution < 1.29 is 9.13 Å². The van der Waals surface area contributed by atoms with E-state index in [9.17, 15) is 4.39 Å². The van der Waals surface area contributed by atoms with Gasteiger partial charge >= 0.3 is 0 Å². The average Bonchev–Trinajstić information content (AvgIpc) is 2.27. The van der Waals surface area contributed by atoms with E-state index >= 15 is 0 Å². The van der Waals surface area contributed by atoms with Crippen molar-refractivity contribution in [2.24, 2.45) is 5.92 Å². The van der Waals surface area contributed by atoms with Crippen molar-refractivity contribution >= 4 is 0 Å². The first-order valence-electron chi connectivity index (χ1n) is 5.58. The minimum Gasteiger partial charge on any atom is -0.494 e. The van der Waals surface area contributed by atoms with Crippen molar-refractivity contribution in [1.29, 1.82) is 0 Å². The van der Waals surface area contributed by atoms with Crippen molar-refractivity contribution in [3.8, 4) is 5.75 Å². The molecular formula is C13H20FNO. The van der Waals surface area contributed by atoms with Gasteiger partial charge in [0, 0.05) is 6.04 Å². The molecule has 90 valence electrons. The molecule has 0 saturated carbocycles. The van der Waals surface area contributed by atoms with E-state index in [1.165, 1.54) is 7.11 Å². The Kier molecular flexibility index (Phi) is 4.74. The first-order chi connectivity index (χ1) is 7.60. The smallest absolute Gasteiger partial charge is 0.168 e. The predicted octanol–water partition coefficient (Wildman–Crippen LogP) is 2.62. The molecule has 1 unspecified atom stereocenters. The molecule has 0 saturated heterocycles. The lowest BCUT2D eigenvalue weighted by Gasteiger charge is -2.20. The van der Waals surface area contributed by atoms with Crippen LogP contribution in [0.15, 0.2) is 18.2 Å². The second kappa shape index (κ2) is 5.85. The summed E-state index contributed by atoms with van der Waals surface area (Å²) >= 11 is 0. The summed E-state index contributed by atoms with van der Waals surface area (Å²) in [4.78, 5) is 0. The van der Waals surface area contributed by atoms with Crippen LogP contribution in [0.2, 0.25) is 0 Å². The number of hydrogen-bond acceptors (Lipinski definition) is 2. The average molecular weight is 225 g/mol. The summed E-state index contributed by atoms with van der Waals surface area (Å²) in [5.74, 6) is 0.539. The Bertz CT molecular complexity index is 339. The molecular weight excluding hydrogens is 205 g/mol. The van der Waals surface area contributed by atoms with Gasteiger partial charge in [-0.15, -0.1) is 0 Å². The van der Waals surface area contributed by atoms with Gasteiger partial charge in [-0.3, -0.25) is 0 Å². The van der Waals surface area contributed by atoms with Gasteiger partial charge in [0.15, 0.2) is 11.6 Å². The third kappa shape index (κ3) is 2.95. The van der Waals surface area contributed by atoms with Gasteiger partial charge in [-0.2, -0.15) is 0 Å². The van der Waals surface area contributed by atoms with E-state index in [-0.39, 0.29) is 11.9 Å². The monoisotopic (exact) mass is 225 g/mol. The second-order valence-corrected chi connectivity index (χ2v) is 4.28. The highest BCUT2D eigenvalue weighted by Gasteiger charge is 2.15. The molecule has 0 aromatic heterocycles. The molecule has 1 rings (SSSR count). The molecule has 0 spiro atoms. The molecule has 1 aromatic carbocycles. The number of rotatable bonds is 5. The number of hydrogen-bond donors (Lipinski definition) is 1. The fourth-order valence-electron chi connectivity index (χ4n) is 1.78. The normalized spacial score (nSPS) is 12.9. The maximum Gasteiger partial charge on any atom is 0.168 e. The summed E-state index contributed by atoms with van der Waals surface area (Å²) in [6, 6.07) is 5.55. The number of ether oxygens (including phenoxy) is 1. The van der Waals surface area contributed by atoms with Gasteiger partial charge in [-0.1, -0.05) is 26.0 Å². The van der Waals surface area contributed by atoms with Gasteiger partial charge in [0.1, 0.15) is 0 Å². The standard InChI is InChI=1S/C13H20FNO/c1-9(2)11(15-3)8-10-6-5-7-12(16-4)13(10)14/h5-7,9,11,15H,8H2,1-4H3. The number of halogens is 1. The lowest BCUT2D eigenvalue weighted by Crippen LogP contribution is -2.33. The molecule has 0 aliphatic heterocycles. The lowest BCUT2D eigenvalue weighted by molar-refractivity contribution is 0.377. The zero-order valence-corrected chi connectivity index (χ0v) is 10.4. The molecule has 3 heteroatoms. The van der Waals surface area contributed by atoms with E-state index in [0.717, 1.165) is 0 Å². The molecule has 0 aliphatic carbocycles. The third-order valence-corrected chi connectivity index (χ3v) is 2.88. The number of benzene rings is 1. The molecule has 0 amide bonds. The molecule has 1 aromatic rings. The predicted molar refractivity (Wildman–Crippen MR) is 64.3 cm³/mol. The maximum absolute atomic E-state index is 13.9. The Morgan fingerprint density at radius 3 is 2.56 bits per heavy atom. The van der Waals surface area contributed by atoms with Gasteiger partial charge in [0.25, 0.3) is 0 Å². The number of methoxy groups -OCH3 is 1. The van der Waals surface area contributed by atoms with Crippen LogP contribution in [-0.4, -0.2) is 20.2 Å². The van der Waals surface area contributed by atoms with Crippen LogP contribution >= 0.6 is 0 Å².